The lowest BCUT2D eigenvalue weighted by Gasteiger charge is -2.21. The van der Waals surface area contributed by atoms with E-state index in [-0.39, 0.29) is 0 Å². The first kappa shape index (κ1) is 8.38. The van der Waals surface area contributed by atoms with Gasteiger partial charge in [0.15, 0.2) is 0 Å². The van der Waals surface area contributed by atoms with Gasteiger partial charge < -0.3 is 0 Å². The maximum Gasteiger partial charge on any atom is 0.0245 e. The molecule has 1 aliphatic rings. The lowest BCUT2D eigenvalue weighted by Crippen LogP contribution is -2.11. The molecule has 0 heteroatoms. The molecule has 13 heavy (non-hydrogen) atoms. The summed E-state index contributed by atoms with van der Waals surface area (Å²) in [6.45, 7) is 2.32. The van der Waals surface area contributed by atoms with Crippen LogP contribution in [0.2, 0.25) is 0 Å². The first-order valence-electron chi connectivity index (χ1n) is 4.88. The molecular formula is C13H14. The second-order valence-electron chi connectivity index (χ2n) is 3.98. The average molecular weight is 170 g/mol. The first-order chi connectivity index (χ1) is 6.29. The van der Waals surface area contributed by atoms with Gasteiger partial charge in [0, 0.05) is 5.56 Å². The number of aryl methyl sites for hydroxylation is 1. The molecule has 0 amide bonds. The van der Waals surface area contributed by atoms with Crippen LogP contribution in [0.3, 0.4) is 0 Å². The molecule has 0 aliphatic heterocycles. The minimum atomic E-state index is 0.837. The highest BCUT2D eigenvalue weighted by Gasteiger charge is 2.14. The Hall–Kier alpha value is -1.22. The van der Waals surface area contributed by atoms with Gasteiger partial charge in [-0.2, -0.15) is 0 Å². The van der Waals surface area contributed by atoms with E-state index >= 15 is 0 Å². The van der Waals surface area contributed by atoms with E-state index in [0.29, 0.717) is 0 Å². The van der Waals surface area contributed by atoms with E-state index in [9.17, 15) is 0 Å². The normalized spacial score (nSPS) is 20.5. The van der Waals surface area contributed by atoms with Crippen LogP contribution in [0.1, 0.15) is 30.0 Å². The molecule has 0 radical (unpaired) electrons. The maximum absolute atomic E-state index is 5.36. The number of fused-ring (bicyclic) bond motifs is 1. The highest BCUT2D eigenvalue weighted by atomic mass is 14.2. The van der Waals surface area contributed by atoms with Gasteiger partial charge in [0.25, 0.3) is 0 Å². The fourth-order valence-corrected chi connectivity index (χ4v) is 2.03. The van der Waals surface area contributed by atoms with Gasteiger partial charge in [0.1, 0.15) is 0 Å². The predicted octanol–water partition coefficient (Wildman–Crippen LogP) is 2.79. The van der Waals surface area contributed by atoms with E-state index in [2.05, 4.69) is 31.0 Å². The molecule has 1 aliphatic carbocycles. The summed E-state index contributed by atoms with van der Waals surface area (Å²) < 4.78 is 0. The molecule has 0 nitrogen and oxygen atoms in total. The number of hydrogen-bond acceptors (Lipinski definition) is 0. The Morgan fingerprint density at radius 1 is 1.38 bits per heavy atom. The van der Waals surface area contributed by atoms with Crippen molar-refractivity contribution in [1.82, 2.24) is 0 Å². The molecule has 66 valence electrons. The van der Waals surface area contributed by atoms with Crippen LogP contribution in [0.15, 0.2) is 18.2 Å². The van der Waals surface area contributed by atoms with Gasteiger partial charge in [0.05, 0.1) is 0 Å². The summed E-state index contributed by atoms with van der Waals surface area (Å²) in [7, 11) is 0. The molecule has 1 aromatic rings. The van der Waals surface area contributed by atoms with Crippen molar-refractivity contribution in [3.8, 4) is 12.3 Å². The fraction of sp³-hybridized carbons (Fsp3) is 0.385. The Morgan fingerprint density at radius 3 is 3.00 bits per heavy atom. The lowest BCUT2D eigenvalue weighted by atomic mass is 9.84. The topological polar surface area (TPSA) is 0 Å². The van der Waals surface area contributed by atoms with E-state index in [1.54, 1.807) is 0 Å². The summed E-state index contributed by atoms with van der Waals surface area (Å²) in [5, 5.41) is 0. The van der Waals surface area contributed by atoms with Gasteiger partial charge in [-0.1, -0.05) is 18.9 Å². The number of benzene rings is 1. The van der Waals surface area contributed by atoms with Gasteiger partial charge in [-0.15, -0.1) is 6.42 Å². The Kier molecular flexibility index (Phi) is 2.10. The summed E-state index contributed by atoms with van der Waals surface area (Å²) >= 11 is 0. The third kappa shape index (κ3) is 1.60. The van der Waals surface area contributed by atoms with Crippen molar-refractivity contribution in [2.24, 2.45) is 5.92 Å². The van der Waals surface area contributed by atoms with Gasteiger partial charge in [0.2, 0.25) is 0 Å². The van der Waals surface area contributed by atoms with Crippen molar-refractivity contribution >= 4 is 0 Å². The smallest absolute Gasteiger partial charge is 0.0245 e. The number of hydrogen-bond donors (Lipinski definition) is 0. The van der Waals surface area contributed by atoms with Crippen molar-refractivity contribution in [3.05, 3.63) is 34.9 Å². The molecule has 1 atom stereocenters. The van der Waals surface area contributed by atoms with Gasteiger partial charge in [-0.3, -0.25) is 0 Å². The summed E-state index contributed by atoms with van der Waals surface area (Å²) in [5.74, 6) is 3.53. The predicted molar refractivity (Wildman–Crippen MR) is 55.6 cm³/mol. The van der Waals surface area contributed by atoms with Crippen LogP contribution in [0, 0.1) is 18.3 Å². The average Bonchev–Trinajstić information content (AvgIpc) is 2.17. The second-order valence-corrected chi connectivity index (χ2v) is 3.98. The van der Waals surface area contributed by atoms with E-state index in [1.165, 1.54) is 30.4 Å². The molecule has 0 bridgehead atoms. The summed E-state index contributed by atoms with van der Waals surface area (Å²) in [6.07, 6.45) is 9.09. The van der Waals surface area contributed by atoms with Crippen molar-refractivity contribution < 1.29 is 0 Å². The van der Waals surface area contributed by atoms with Gasteiger partial charge in [-0.05, 0) is 48.4 Å². The van der Waals surface area contributed by atoms with Crippen LogP contribution in [-0.2, 0) is 12.8 Å². The molecule has 1 unspecified atom stereocenters. The zero-order valence-corrected chi connectivity index (χ0v) is 8.01. The standard InChI is InChI=1S/C13H14/c1-3-11-5-7-12-8-10(2)4-6-13(12)9-11/h1,5,7,9-10H,4,6,8H2,2H3. The molecule has 0 saturated heterocycles. The number of rotatable bonds is 0. The quantitative estimate of drug-likeness (QED) is 0.525. The third-order valence-corrected chi connectivity index (χ3v) is 2.85. The molecular weight excluding hydrogens is 156 g/mol. The van der Waals surface area contributed by atoms with E-state index in [1.807, 2.05) is 0 Å². The largest absolute Gasteiger partial charge is 0.115 e. The SMILES string of the molecule is C#Cc1ccc2c(c1)CCC(C)C2. The highest BCUT2D eigenvalue weighted by molar-refractivity contribution is 5.41. The van der Waals surface area contributed by atoms with Crippen LogP contribution >= 0.6 is 0 Å². The summed E-state index contributed by atoms with van der Waals surface area (Å²) in [5.41, 5.74) is 3.99. The zero-order chi connectivity index (χ0) is 9.26. The molecule has 0 spiro atoms. The highest BCUT2D eigenvalue weighted by Crippen LogP contribution is 2.25. The van der Waals surface area contributed by atoms with Gasteiger partial charge >= 0.3 is 0 Å². The number of terminal acetylenes is 1. The monoisotopic (exact) mass is 170 g/mol. The molecule has 1 aromatic carbocycles. The van der Waals surface area contributed by atoms with Crippen molar-refractivity contribution in [2.45, 2.75) is 26.2 Å². The molecule has 0 fully saturated rings. The minimum Gasteiger partial charge on any atom is -0.115 e. The second kappa shape index (κ2) is 3.26. The van der Waals surface area contributed by atoms with E-state index in [4.69, 9.17) is 6.42 Å². The van der Waals surface area contributed by atoms with E-state index < -0.39 is 0 Å². The molecule has 0 saturated carbocycles. The zero-order valence-electron chi connectivity index (χ0n) is 8.01. The Balaban J connectivity index is 2.38. The molecule has 0 heterocycles. The van der Waals surface area contributed by atoms with Crippen molar-refractivity contribution in [2.75, 3.05) is 0 Å². The summed E-state index contributed by atoms with van der Waals surface area (Å²) in [6, 6.07) is 6.41. The van der Waals surface area contributed by atoms with Gasteiger partial charge in [-0.25, -0.2) is 0 Å². The maximum atomic E-state index is 5.36. The van der Waals surface area contributed by atoms with Crippen molar-refractivity contribution in [3.63, 3.8) is 0 Å². The van der Waals surface area contributed by atoms with E-state index in [0.717, 1.165) is 11.5 Å². The Bertz CT molecular complexity index is 355. The van der Waals surface area contributed by atoms with Crippen molar-refractivity contribution in [1.29, 1.82) is 0 Å². The van der Waals surface area contributed by atoms with Crippen LogP contribution in [0.25, 0.3) is 0 Å². The van der Waals surface area contributed by atoms with Crippen LogP contribution < -0.4 is 0 Å². The molecule has 2 rings (SSSR count). The van der Waals surface area contributed by atoms with Crippen LogP contribution in [0.4, 0.5) is 0 Å². The first-order valence-corrected chi connectivity index (χ1v) is 4.88. The van der Waals surface area contributed by atoms with Crippen LogP contribution in [0.5, 0.6) is 0 Å². The Labute approximate surface area is 80.0 Å². The Morgan fingerprint density at radius 2 is 2.23 bits per heavy atom. The minimum absolute atomic E-state index is 0.837. The molecule has 0 N–H and O–H groups in total. The lowest BCUT2D eigenvalue weighted by molar-refractivity contribution is 0.501. The molecule has 0 aromatic heterocycles. The third-order valence-electron chi connectivity index (χ3n) is 2.85. The fourth-order valence-electron chi connectivity index (χ4n) is 2.03. The summed E-state index contributed by atoms with van der Waals surface area (Å²) in [4.78, 5) is 0. The van der Waals surface area contributed by atoms with Crippen LogP contribution in [-0.4, -0.2) is 0 Å².